The molecule has 8 heteroatoms. The van der Waals surface area contributed by atoms with Crippen molar-refractivity contribution in [3.05, 3.63) is 38.4 Å². The standard InChI is InChI=1S/C17H24ClN3O4/c1-11(2)25-17(22)20-6-5-19(9-12(20)3)10-14-7-15(18)8-16(13(14)4)21(23)24/h7-8,11-12H,5-6,9-10H2,1-4H3/t12-/m0/s1. The Morgan fingerprint density at radius 3 is 2.68 bits per heavy atom. The van der Waals surface area contributed by atoms with Crippen LogP contribution in [0.2, 0.25) is 5.02 Å². The second kappa shape index (κ2) is 8.01. The molecule has 0 radical (unpaired) electrons. The van der Waals surface area contributed by atoms with Crippen LogP contribution in [0.25, 0.3) is 0 Å². The molecule has 1 aliphatic heterocycles. The molecule has 1 fully saturated rings. The summed E-state index contributed by atoms with van der Waals surface area (Å²) < 4.78 is 5.27. The molecule has 0 saturated carbocycles. The zero-order chi connectivity index (χ0) is 18.7. The first-order valence-electron chi connectivity index (χ1n) is 8.32. The number of halogens is 1. The number of benzene rings is 1. The highest BCUT2D eigenvalue weighted by Gasteiger charge is 2.29. The molecule has 0 unspecified atom stereocenters. The Morgan fingerprint density at radius 2 is 2.12 bits per heavy atom. The summed E-state index contributed by atoms with van der Waals surface area (Å²) in [6.45, 7) is 9.84. The van der Waals surface area contributed by atoms with Gasteiger partial charge in [0.25, 0.3) is 5.69 Å². The smallest absolute Gasteiger partial charge is 0.410 e. The topological polar surface area (TPSA) is 75.9 Å². The minimum absolute atomic E-state index is 0.00877. The van der Waals surface area contributed by atoms with Crippen molar-refractivity contribution in [1.82, 2.24) is 9.80 Å². The molecule has 1 atom stereocenters. The van der Waals surface area contributed by atoms with E-state index in [1.54, 1.807) is 17.9 Å². The van der Waals surface area contributed by atoms with Gasteiger partial charge in [0.15, 0.2) is 0 Å². The number of hydrogen-bond acceptors (Lipinski definition) is 5. The van der Waals surface area contributed by atoms with E-state index in [0.717, 1.165) is 5.56 Å². The van der Waals surface area contributed by atoms with Gasteiger partial charge in [-0.25, -0.2) is 4.79 Å². The van der Waals surface area contributed by atoms with Crippen LogP contribution in [0.15, 0.2) is 12.1 Å². The molecule has 1 heterocycles. The zero-order valence-corrected chi connectivity index (χ0v) is 15.7. The van der Waals surface area contributed by atoms with E-state index < -0.39 is 4.92 Å². The molecule has 0 spiro atoms. The molecule has 1 amide bonds. The maximum absolute atomic E-state index is 12.1. The zero-order valence-electron chi connectivity index (χ0n) is 15.0. The van der Waals surface area contributed by atoms with Gasteiger partial charge in [0.1, 0.15) is 0 Å². The van der Waals surface area contributed by atoms with E-state index >= 15 is 0 Å². The first-order valence-corrected chi connectivity index (χ1v) is 8.69. The molecule has 0 aliphatic carbocycles. The van der Waals surface area contributed by atoms with Crippen LogP contribution in [0.3, 0.4) is 0 Å². The van der Waals surface area contributed by atoms with Crippen LogP contribution in [0, 0.1) is 17.0 Å². The molecular formula is C17H24ClN3O4. The largest absolute Gasteiger partial charge is 0.447 e. The highest BCUT2D eigenvalue weighted by atomic mass is 35.5. The number of amides is 1. The van der Waals surface area contributed by atoms with E-state index in [2.05, 4.69) is 4.90 Å². The third-order valence-corrected chi connectivity index (χ3v) is 4.54. The Hall–Kier alpha value is -1.86. The molecule has 0 bridgehead atoms. The van der Waals surface area contributed by atoms with Crippen molar-refractivity contribution < 1.29 is 14.5 Å². The van der Waals surface area contributed by atoms with Gasteiger partial charge in [0.05, 0.1) is 11.0 Å². The Labute approximate surface area is 152 Å². The molecule has 25 heavy (non-hydrogen) atoms. The molecule has 1 aliphatic rings. The summed E-state index contributed by atoms with van der Waals surface area (Å²) >= 11 is 6.03. The van der Waals surface area contributed by atoms with Gasteiger partial charge in [-0.3, -0.25) is 15.0 Å². The van der Waals surface area contributed by atoms with Gasteiger partial charge in [-0.1, -0.05) is 11.6 Å². The quantitative estimate of drug-likeness (QED) is 0.598. The summed E-state index contributed by atoms with van der Waals surface area (Å²) in [4.78, 5) is 26.7. The fraction of sp³-hybridized carbons (Fsp3) is 0.588. The van der Waals surface area contributed by atoms with E-state index in [-0.39, 0.29) is 23.9 Å². The number of hydrogen-bond donors (Lipinski definition) is 0. The van der Waals surface area contributed by atoms with Gasteiger partial charge in [-0.15, -0.1) is 0 Å². The molecule has 0 aromatic heterocycles. The normalized spacial score (nSPS) is 18.5. The average Bonchev–Trinajstić information content (AvgIpc) is 2.49. The van der Waals surface area contributed by atoms with E-state index in [4.69, 9.17) is 16.3 Å². The second-order valence-electron chi connectivity index (χ2n) is 6.68. The maximum Gasteiger partial charge on any atom is 0.410 e. The van der Waals surface area contributed by atoms with Crippen molar-refractivity contribution in [3.8, 4) is 0 Å². The van der Waals surface area contributed by atoms with Crippen molar-refractivity contribution in [3.63, 3.8) is 0 Å². The lowest BCUT2D eigenvalue weighted by molar-refractivity contribution is -0.385. The second-order valence-corrected chi connectivity index (χ2v) is 7.11. The Morgan fingerprint density at radius 1 is 1.44 bits per heavy atom. The highest BCUT2D eigenvalue weighted by molar-refractivity contribution is 6.30. The fourth-order valence-electron chi connectivity index (χ4n) is 3.03. The molecule has 7 nitrogen and oxygen atoms in total. The van der Waals surface area contributed by atoms with E-state index in [1.165, 1.54) is 6.07 Å². The lowest BCUT2D eigenvalue weighted by Crippen LogP contribution is -2.54. The first-order chi connectivity index (χ1) is 11.7. The maximum atomic E-state index is 12.1. The number of carbonyl (C=O) groups is 1. The third kappa shape index (κ3) is 4.83. The van der Waals surface area contributed by atoms with Crippen molar-refractivity contribution in [2.24, 2.45) is 0 Å². The van der Waals surface area contributed by atoms with Crippen LogP contribution in [-0.4, -0.2) is 52.6 Å². The number of rotatable bonds is 4. The summed E-state index contributed by atoms with van der Waals surface area (Å²) in [5, 5.41) is 11.5. The number of nitro benzene ring substituents is 1. The Balaban J connectivity index is 2.07. The van der Waals surface area contributed by atoms with Gasteiger partial charge in [0, 0.05) is 48.9 Å². The van der Waals surface area contributed by atoms with Gasteiger partial charge >= 0.3 is 6.09 Å². The van der Waals surface area contributed by atoms with Gasteiger partial charge in [-0.05, 0) is 39.3 Å². The number of ether oxygens (including phenoxy) is 1. The number of nitrogens with zero attached hydrogens (tertiary/aromatic N) is 3. The molecule has 1 saturated heterocycles. The van der Waals surface area contributed by atoms with E-state index in [0.29, 0.717) is 36.8 Å². The summed E-state index contributed by atoms with van der Waals surface area (Å²) in [6, 6.07) is 3.16. The van der Waals surface area contributed by atoms with Crippen LogP contribution in [0.4, 0.5) is 10.5 Å². The van der Waals surface area contributed by atoms with Crippen molar-refractivity contribution >= 4 is 23.4 Å². The summed E-state index contributed by atoms with van der Waals surface area (Å²) in [5.41, 5.74) is 1.50. The SMILES string of the molecule is Cc1c(CN2CCN(C(=O)OC(C)C)[C@@H](C)C2)cc(Cl)cc1[N+](=O)[O-]. The molecule has 2 rings (SSSR count). The number of nitro groups is 1. The summed E-state index contributed by atoms with van der Waals surface area (Å²) in [5.74, 6) is 0. The van der Waals surface area contributed by atoms with Gasteiger partial charge in [0.2, 0.25) is 0 Å². The van der Waals surface area contributed by atoms with E-state index in [9.17, 15) is 14.9 Å². The minimum Gasteiger partial charge on any atom is -0.447 e. The predicted molar refractivity (Wildman–Crippen MR) is 95.9 cm³/mol. The molecule has 1 aromatic carbocycles. The number of piperazine rings is 1. The molecule has 138 valence electrons. The number of carbonyl (C=O) groups excluding carboxylic acids is 1. The lowest BCUT2D eigenvalue weighted by Gasteiger charge is -2.39. The predicted octanol–water partition coefficient (Wildman–Crippen LogP) is 3.61. The molecule has 1 aromatic rings. The van der Waals surface area contributed by atoms with Gasteiger partial charge in [-0.2, -0.15) is 0 Å². The minimum atomic E-state index is -0.410. The van der Waals surface area contributed by atoms with Crippen molar-refractivity contribution in [2.45, 2.75) is 46.4 Å². The summed E-state index contributed by atoms with van der Waals surface area (Å²) in [7, 11) is 0. The van der Waals surface area contributed by atoms with Crippen LogP contribution in [0.5, 0.6) is 0 Å². The average molecular weight is 370 g/mol. The molecular weight excluding hydrogens is 346 g/mol. The highest BCUT2D eigenvalue weighted by Crippen LogP contribution is 2.28. The van der Waals surface area contributed by atoms with Crippen LogP contribution in [-0.2, 0) is 11.3 Å². The van der Waals surface area contributed by atoms with Crippen molar-refractivity contribution in [1.29, 1.82) is 0 Å². The van der Waals surface area contributed by atoms with Crippen LogP contribution >= 0.6 is 11.6 Å². The first kappa shape index (κ1) is 19.5. The third-order valence-electron chi connectivity index (χ3n) is 4.33. The van der Waals surface area contributed by atoms with Crippen LogP contribution < -0.4 is 0 Å². The Kier molecular flexibility index (Phi) is 6.24. The van der Waals surface area contributed by atoms with Gasteiger partial charge < -0.3 is 9.64 Å². The fourth-order valence-corrected chi connectivity index (χ4v) is 3.27. The summed E-state index contributed by atoms with van der Waals surface area (Å²) in [6.07, 6.45) is -0.441. The Bertz CT molecular complexity index is 666. The lowest BCUT2D eigenvalue weighted by atomic mass is 10.1. The van der Waals surface area contributed by atoms with E-state index in [1.807, 2.05) is 20.8 Å². The monoisotopic (exact) mass is 369 g/mol. The van der Waals surface area contributed by atoms with Crippen molar-refractivity contribution in [2.75, 3.05) is 19.6 Å². The van der Waals surface area contributed by atoms with Crippen LogP contribution in [0.1, 0.15) is 31.9 Å². The molecule has 0 N–H and O–H groups in total.